The number of aliphatic hydroxyl groups excluding tert-OH is 1. The molecule has 1 atom stereocenters. The van der Waals surface area contributed by atoms with Crippen LogP contribution in [0.3, 0.4) is 0 Å². The van der Waals surface area contributed by atoms with E-state index in [1.807, 2.05) is 0 Å². The van der Waals surface area contributed by atoms with Crippen molar-refractivity contribution < 1.29 is 32.5 Å². The van der Waals surface area contributed by atoms with E-state index in [-0.39, 0.29) is 11.7 Å². The second-order valence-corrected chi connectivity index (χ2v) is 5.84. The maximum atomic E-state index is 12.6. The number of ether oxygens (including phenoxy) is 2. The van der Waals surface area contributed by atoms with Gasteiger partial charge in [-0.2, -0.15) is 0 Å². The van der Waals surface area contributed by atoms with E-state index in [0.717, 1.165) is 6.07 Å². The molecule has 0 aliphatic carbocycles. The zero-order chi connectivity index (χ0) is 20.3. The second kappa shape index (κ2) is 7.77. The number of nitrogens with zero attached hydrogens (tertiary/aromatic N) is 1. The minimum atomic E-state index is -4.83. The van der Waals surface area contributed by atoms with Crippen LogP contribution in [-0.2, 0) is 4.79 Å². The number of amides is 1. The van der Waals surface area contributed by atoms with Gasteiger partial charge in [0.25, 0.3) is 5.91 Å². The van der Waals surface area contributed by atoms with E-state index in [1.54, 1.807) is 24.3 Å². The van der Waals surface area contributed by atoms with E-state index in [2.05, 4.69) is 4.74 Å². The summed E-state index contributed by atoms with van der Waals surface area (Å²) in [6.07, 6.45) is 0.0523. The number of hydrogen-bond acceptors (Lipinski definition) is 4. The molecule has 0 bridgehead atoms. The summed E-state index contributed by atoms with van der Waals surface area (Å²) in [5.74, 6) is -0.969. The van der Waals surface area contributed by atoms with E-state index >= 15 is 0 Å². The lowest BCUT2D eigenvalue weighted by Gasteiger charge is -2.26. The monoisotopic (exact) mass is 391 g/mol. The summed E-state index contributed by atoms with van der Waals surface area (Å²) in [6, 6.07) is 10.8. The Bertz CT molecular complexity index is 937. The summed E-state index contributed by atoms with van der Waals surface area (Å²) in [7, 11) is 1.22. The smallest absolute Gasteiger partial charge is 0.493 e. The number of anilines is 1. The van der Waals surface area contributed by atoms with E-state index in [9.17, 15) is 23.1 Å². The van der Waals surface area contributed by atoms with Gasteiger partial charge in [-0.1, -0.05) is 24.3 Å². The molecule has 0 radical (unpaired) electrons. The van der Waals surface area contributed by atoms with Crippen molar-refractivity contribution in [2.24, 2.45) is 0 Å². The van der Waals surface area contributed by atoms with Crippen LogP contribution in [0.2, 0.25) is 0 Å². The average Bonchev–Trinajstić information content (AvgIpc) is 2.66. The molecule has 28 heavy (non-hydrogen) atoms. The summed E-state index contributed by atoms with van der Waals surface area (Å²) < 4.78 is 46.0. The van der Waals surface area contributed by atoms with Crippen LogP contribution in [0.1, 0.15) is 17.2 Å². The van der Waals surface area contributed by atoms with Gasteiger partial charge >= 0.3 is 6.36 Å². The van der Waals surface area contributed by atoms with Gasteiger partial charge in [0.15, 0.2) is 11.5 Å². The molecule has 0 spiro atoms. The average molecular weight is 391 g/mol. The molecular formula is C20H16F3NO4. The first-order valence-corrected chi connectivity index (χ1v) is 8.19. The number of aliphatic hydroxyl groups is 1. The molecule has 1 heterocycles. The second-order valence-electron chi connectivity index (χ2n) is 5.84. The van der Waals surface area contributed by atoms with Gasteiger partial charge in [-0.3, -0.25) is 9.69 Å². The van der Waals surface area contributed by atoms with Gasteiger partial charge in [0.2, 0.25) is 0 Å². The molecule has 0 fully saturated rings. The van der Waals surface area contributed by atoms with Crippen molar-refractivity contribution in [1.82, 2.24) is 0 Å². The number of benzene rings is 2. The van der Waals surface area contributed by atoms with Crippen molar-refractivity contribution in [2.45, 2.75) is 12.5 Å². The number of rotatable bonds is 4. The number of carbonyl (C=O) groups excluding carboxylic acids is 1. The quantitative estimate of drug-likeness (QED) is 0.794. The van der Waals surface area contributed by atoms with E-state index in [1.165, 1.54) is 48.6 Å². The summed E-state index contributed by atoms with van der Waals surface area (Å²) in [5, 5.41) is 9.98. The van der Waals surface area contributed by atoms with Gasteiger partial charge in [-0.15, -0.1) is 13.2 Å². The van der Waals surface area contributed by atoms with Crippen LogP contribution in [0.4, 0.5) is 18.9 Å². The fourth-order valence-corrected chi connectivity index (χ4v) is 2.75. The summed E-state index contributed by atoms with van der Waals surface area (Å²) >= 11 is 0. The Hall–Kier alpha value is -3.26. The molecule has 1 aliphatic rings. The summed E-state index contributed by atoms with van der Waals surface area (Å²) in [6.45, 7) is 0. The van der Waals surface area contributed by atoms with Crippen LogP contribution in [-0.4, -0.2) is 24.5 Å². The van der Waals surface area contributed by atoms with Crippen molar-refractivity contribution in [3.63, 3.8) is 0 Å². The van der Waals surface area contributed by atoms with Gasteiger partial charge in [0.05, 0.1) is 12.8 Å². The molecule has 1 amide bonds. The Balaban J connectivity index is 1.80. The predicted octanol–water partition coefficient (Wildman–Crippen LogP) is 4.20. The predicted molar refractivity (Wildman–Crippen MR) is 96.7 cm³/mol. The van der Waals surface area contributed by atoms with Crippen molar-refractivity contribution in [1.29, 1.82) is 0 Å². The number of para-hydroxylation sites is 1. The van der Waals surface area contributed by atoms with Crippen LogP contribution in [0.15, 0.2) is 60.8 Å². The van der Waals surface area contributed by atoms with Crippen LogP contribution in [0.25, 0.3) is 6.08 Å². The highest BCUT2D eigenvalue weighted by Crippen LogP contribution is 2.34. The zero-order valence-corrected chi connectivity index (χ0v) is 14.7. The molecule has 3 rings (SSSR count). The molecule has 0 aromatic heterocycles. The van der Waals surface area contributed by atoms with Crippen molar-refractivity contribution in [3.05, 3.63) is 71.9 Å². The summed E-state index contributed by atoms with van der Waals surface area (Å²) in [4.78, 5) is 13.9. The number of halogens is 3. The van der Waals surface area contributed by atoms with Crippen molar-refractivity contribution >= 4 is 17.7 Å². The highest BCUT2D eigenvalue weighted by Gasteiger charge is 2.32. The molecule has 1 N–H and O–H groups in total. The molecular weight excluding hydrogens is 375 g/mol. The van der Waals surface area contributed by atoms with Crippen molar-refractivity contribution in [2.75, 3.05) is 12.0 Å². The Morgan fingerprint density at radius 3 is 2.64 bits per heavy atom. The highest BCUT2D eigenvalue weighted by atomic mass is 19.4. The minimum Gasteiger partial charge on any atom is -0.493 e. The highest BCUT2D eigenvalue weighted by molar-refractivity contribution is 6.06. The van der Waals surface area contributed by atoms with Crippen LogP contribution in [0, 0.1) is 0 Å². The maximum absolute atomic E-state index is 12.6. The first kappa shape index (κ1) is 19.5. The molecule has 5 nitrogen and oxygen atoms in total. The molecule has 0 saturated heterocycles. The van der Waals surface area contributed by atoms with Gasteiger partial charge in [0.1, 0.15) is 6.10 Å². The Morgan fingerprint density at radius 2 is 1.93 bits per heavy atom. The van der Waals surface area contributed by atoms with E-state index in [0.29, 0.717) is 16.8 Å². The lowest BCUT2D eigenvalue weighted by atomic mass is 10.0. The van der Waals surface area contributed by atoms with Gasteiger partial charge < -0.3 is 14.6 Å². The summed E-state index contributed by atoms with van der Waals surface area (Å²) in [5.41, 5.74) is 1.61. The number of alkyl halides is 3. The third-order valence-corrected chi connectivity index (χ3v) is 4.00. The Morgan fingerprint density at radius 1 is 1.18 bits per heavy atom. The largest absolute Gasteiger partial charge is 0.573 e. The molecule has 146 valence electrons. The fourth-order valence-electron chi connectivity index (χ4n) is 2.75. The first-order chi connectivity index (χ1) is 13.3. The fraction of sp³-hybridized carbons (Fsp3) is 0.150. The standard InChI is InChI=1S/C20H16F3NO4/c1-27-18-12-13(6-8-17(18)28-20(21,22)23)7-9-19(26)24-11-10-16(25)14-4-2-3-5-15(14)24/h2-12,16,25H,1H3/b9-7+. The lowest BCUT2D eigenvalue weighted by Crippen LogP contribution is -2.27. The lowest BCUT2D eigenvalue weighted by molar-refractivity contribution is -0.275. The number of carbonyl (C=O) groups is 1. The maximum Gasteiger partial charge on any atom is 0.573 e. The first-order valence-electron chi connectivity index (χ1n) is 8.19. The SMILES string of the molecule is COc1cc(/C=C/C(=O)N2C=CC(O)c3ccccc32)ccc1OC(F)(F)F. The molecule has 8 heteroatoms. The topological polar surface area (TPSA) is 59.0 Å². The minimum absolute atomic E-state index is 0.113. The normalized spacial score (nSPS) is 16.2. The number of fused-ring (bicyclic) bond motifs is 1. The molecule has 2 aromatic rings. The Kier molecular flexibility index (Phi) is 5.41. The third-order valence-electron chi connectivity index (χ3n) is 4.00. The zero-order valence-electron chi connectivity index (χ0n) is 14.7. The van der Waals surface area contributed by atoms with Crippen LogP contribution < -0.4 is 14.4 Å². The van der Waals surface area contributed by atoms with Gasteiger partial charge in [0, 0.05) is 17.8 Å². The molecule has 1 unspecified atom stereocenters. The molecule has 2 aromatic carbocycles. The van der Waals surface area contributed by atoms with Gasteiger partial charge in [-0.05, 0) is 35.9 Å². The number of methoxy groups -OCH3 is 1. The van der Waals surface area contributed by atoms with Crippen LogP contribution in [0.5, 0.6) is 11.5 Å². The molecule has 0 saturated carbocycles. The molecule has 1 aliphatic heterocycles. The van der Waals surface area contributed by atoms with E-state index < -0.39 is 18.2 Å². The number of hydrogen-bond donors (Lipinski definition) is 1. The van der Waals surface area contributed by atoms with Crippen molar-refractivity contribution in [3.8, 4) is 11.5 Å². The Labute approximate surface area is 158 Å². The van der Waals surface area contributed by atoms with E-state index in [4.69, 9.17) is 4.74 Å². The third kappa shape index (κ3) is 4.34. The van der Waals surface area contributed by atoms with Crippen LogP contribution >= 0.6 is 0 Å². The van der Waals surface area contributed by atoms with Gasteiger partial charge in [-0.25, -0.2) is 0 Å².